The Bertz CT molecular complexity index is 584. The van der Waals surface area contributed by atoms with Gasteiger partial charge in [-0.15, -0.1) is 0 Å². The van der Waals surface area contributed by atoms with Gasteiger partial charge in [0.1, 0.15) is 0 Å². The smallest absolute Gasteiger partial charge is 0.314 e. The molecule has 0 radical (unpaired) electrons. The highest BCUT2D eigenvalue weighted by Crippen LogP contribution is 2.65. The van der Waals surface area contributed by atoms with Crippen molar-refractivity contribution in [3.05, 3.63) is 0 Å². The van der Waals surface area contributed by atoms with Crippen LogP contribution in [0.4, 0.5) is 0 Å². The fourth-order valence-corrected chi connectivity index (χ4v) is 5.94. The van der Waals surface area contributed by atoms with Crippen molar-refractivity contribution in [3.8, 4) is 0 Å². The van der Waals surface area contributed by atoms with Gasteiger partial charge in [-0.25, -0.2) is 0 Å². The van der Waals surface area contributed by atoms with E-state index >= 15 is 0 Å². The van der Waals surface area contributed by atoms with Gasteiger partial charge in [-0.2, -0.15) is 0 Å². The number of rotatable bonds is 5. The second-order valence-corrected chi connectivity index (χ2v) is 13.2. The molecule has 0 amide bonds. The summed E-state index contributed by atoms with van der Waals surface area (Å²) < 4.78 is 13.6. The molecule has 3 nitrogen and oxygen atoms in total. The van der Waals surface area contributed by atoms with Crippen LogP contribution in [-0.2, 0) is 14.3 Å². The van der Waals surface area contributed by atoms with Gasteiger partial charge in [0, 0.05) is 10.8 Å². The molecule has 0 aromatic heterocycles. The summed E-state index contributed by atoms with van der Waals surface area (Å²) in [6.45, 7) is 25.9. The maximum Gasteiger partial charge on any atom is 0.314 e. The van der Waals surface area contributed by atoms with Crippen molar-refractivity contribution in [2.24, 2.45) is 33.0 Å². The Morgan fingerprint density at radius 1 is 0.964 bits per heavy atom. The molecule has 164 valence electrons. The summed E-state index contributed by atoms with van der Waals surface area (Å²) in [5.41, 5.74) is -1.01. The fourth-order valence-electron chi connectivity index (χ4n) is 5.94. The maximum absolute atomic E-state index is 13.3. The average molecular weight is 395 g/mol. The maximum atomic E-state index is 13.3. The van der Waals surface area contributed by atoms with E-state index in [1.165, 1.54) is 19.3 Å². The molecule has 0 spiro atoms. The van der Waals surface area contributed by atoms with E-state index in [1.54, 1.807) is 0 Å². The van der Waals surface area contributed by atoms with Gasteiger partial charge < -0.3 is 9.47 Å². The molecule has 0 aromatic rings. The molecule has 0 heterocycles. The molecular formula is C25H46O3. The Hall–Kier alpha value is -0.570. The van der Waals surface area contributed by atoms with Crippen LogP contribution < -0.4 is 0 Å². The van der Waals surface area contributed by atoms with Crippen molar-refractivity contribution in [1.82, 2.24) is 0 Å². The number of carbonyl (C=O) groups excluding carboxylic acids is 1. The van der Waals surface area contributed by atoms with Crippen molar-refractivity contribution in [2.45, 2.75) is 121 Å². The molecule has 0 saturated heterocycles. The zero-order chi connectivity index (χ0) is 22.0. The lowest BCUT2D eigenvalue weighted by atomic mass is 9.67. The lowest BCUT2D eigenvalue weighted by molar-refractivity contribution is -0.359. The first-order chi connectivity index (χ1) is 12.3. The highest BCUT2D eigenvalue weighted by Gasteiger charge is 2.66. The Balaban J connectivity index is 2.55. The molecule has 3 unspecified atom stereocenters. The van der Waals surface area contributed by atoms with Crippen LogP contribution in [0.25, 0.3) is 0 Å². The molecular weight excluding hydrogens is 348 g/mol. The highest BCUT2D eigenvalue weighted by molar-refractivity contribution is 5.76. The number of ether oxygens (including phenoxy) is 2. The summed E-state index contributed by atoms with van der Waals surface area (Å²) in [6, 6.07) is 0. The second kappa shape index (κ2) is 6.72. The van der Waals surface area contributed by atoms with Gasteiger partial charge in [0.25, 0.3) is 0 Å². The van der Waals surface area contributed by atoms with E-state index in [9.17, 15) is 4.79 Å². The van der Waals surface area contributed by atoms with E-state index in [0.29, 0.717) is 5.92 Å². The van der Waals surface area contributed by atoms with Crippen molar-refractivity contribution >= 4 is 5.97 Å². The number of hydrogen-bond donors (Lipinski definition) is 0. The Morgan fingerprint density at radius 3 is 1.82 bits per heavy atom. The van der Waals surface area contributed by atoms with E-state index < -0.39 is 11.2 Å². The molecule has 2 bridgehead atoms. The van der Waals surface area contributed by atoms with Crippen molar-refractivity contribution in [1.29, 1.82) is 0 Å². The normalized spacial score (nSPS) is 30.6. The predicted molar refractivity (Wildman–Crippen MR) is 116 cm³/mol. The third-order valence-electron chi connectivity index (χ3n) is 8.07. The number of fused-ring (bicyclic) bond motifs is 2. The molecule has 2 aliphatic carbocycles. The summed E-state index contributed by atoms with van der Waals surface area (Å²) in [5, 5.41) is 0. The molecule has 0 aliphatic heterocycles. The molecule has 0 aromatic carbocycles. The number of carbonyl (C=O) groups is 1. The van der Waals surface area contributed by atoms with Crippen LogP contribution in [0, 0.1) is 33.0 Å². The molecule has 2 aliphatic rings. The zero-order valence-electron chi connectivity index (χ0n) is 20.7. The number of esters is 1. The minimum atomic E-state index is -1.00. The molecule has 2 fully saturated rings. The molecule has 3 heteroatoms. The van der Waals surface area contributed by atoms with E-state index in [1.807, 2.05) is 20.8 Å². The van der Waals surface area contributed by atoms with Gasteiger partial charge in [-0.05, 0) is 56.3 Å². The van der Waals surface area contributed by atoms with Gasteiger partial charge in [0.15, 0.2) is 0 Å². The predicted octanol–water partition coefficient (Wildman–Crippen LogP) is 6.99. The van der Waals surface area contributed by atoms with Crippen molar-refractivity contribution < 1.29 is 14.3 Å². The Labute approximate surface area is 174 Å². The van der Waals surface area contributed by atoms with Crippen LogP contribution >= 0.6 is 0 Å². The lowest BCUT2D eigenvalue weighted by Gasteiger charge is -2.56. The van der Waals surface area contributed by atoms with Crippen LogP contribution in [0.2, 0.25) is 0 Å². The van der Waals surface area contributed by atoms with Crippen molar-refractivity contribution in [2.75, 3.05) is 0 Å². The third-order valence-corrected chi connectivity index (χ3v) is 8.07. The van der Waals surface area contributed by atoms with Gasteiger partial charge in [-0.1, -0.05) is 69.2 Å². The minimum absolute atomic E-state index is 0.0785. The molecule has 2 rings (SSSR count). The largest absolute Gasteiger partial charge is 0.431 e. The first kappa shape index (κ1) is 23.7. The molecule has 2 saturated carbocycles. The van der Waals surface area contributed by atoms with E-state index in [2.05, 4.69) is 62.3 Å². The summed E-state index contributed by atoms with van der Waals surface area (Å²) in [4.78, 5) is 13.3. The van der Waals surface area contributed by atoms with E-state index in [-0.39, 0.29) is 33.7 Å². The second-order valence-electron chi connectivity index (χ2n) is 13.2. The van der Waals surface area contributed by atoms with Crippen LogP contribution in [0.3, 0.4) is 0 Å². The highest BCUT2D eigenvalue weighted by atomic mass is 16.7. The van der Waals surface area contributed by atoms with Gasteiger partial charge in [0.2, 0.25) is 5.79 Å². The summed E-state index contributed by atoms with van der Waals surface area (Å²) >= 11 is 0. The quantitative estimate of drug-likeness (QED) is 0.372. The molecule has 28 heavy (non-hydrogen) atoms. The monoisotopic (exact) mass is 394 g/mol. The Morgan fingerprint density at radius 2 is 1.46 bits per heavy atom. The fraction of sp³-hybridized carbons (Fsp3) is 0.960. The van der Waals surface area contributed by atoms with Crippen LogP contribution in [-0.4, -0.2) is 17.9 Å². The average Bonchev–Trinajstić information content (AvgIpc) is 2.98. The SMILES string of the molecule is CCC(C)(C)C(=O)OC(OC1C2(C)CCC(C2)C1(C)C)(C(C)(C)C)C(C)(C)C. The van der Waals surface area contributed by atoms with E-state index in [4.69, 9.17) is 9.47 Å². The summed E-state index contributed by atoms with van der Waals surface area (Å²) in [7, 11) is 0. The topological polar surface area (TPSA) is 35.5 Å². The summed E-state index contributed by atoms with van der Waals surface area (Å²) in [5.74, 6) is -0.479. The molecule has 0 N–H and O–H groups in total. The van der Waals surface area contributed by atoms with Crippen LogP contribution in [0.5, 0.6) is 0 Å². The number of hydrogen-bond acceptors (Lipinski definition) is 3. The van der Waals surface area contributed by atoms with Gasteiger partial charge >= 0.3 is 5.97 Å². The van der Waals surface area contributed by atoms with E-state index in [0.717, 1.165) is 6.42 Å². The third kappa shape index (κ3) is 3.55. The summed E-state index contributed by atoms with van der Waals surface area (Å²) in [6.07, 6.45) is 4.51. The minimum Gasteiger partial charge on any atom is -0.431 e. The first-order valence-electron chi connectivity index (χ1n) is 11.3. The first-order valence-corrected chi connectivity index (χ1v) is 11.3. The van der Waals surface area contributed by atoms with Crippen LogP contribution in [0.15, 0.2) is 0 Å². The van der Waals surface area contributed by atoms with Crippen LogP contribution in [0.1, 0.15) is 109 Å². The van der Waals surface area contributed by atoms with Crippen molar-refractivity contribution in [3.63, 3.8) is 0 Å². The lowest BCUT2D eigenvalue weighted by Crippen LogP contribution is -2.63. The van der Waals surface area contributed by atoms with Gasteiger partial charge in [0.05, 0.1) is 11.5 Å². The van der Waals surface area contributed by atoms with Gasteiger partial charge in [-0.3, -0.25) is 4.79 Å². The molecule has 3 atom stereocenters. The Kier molecular flexibility index (Phi) is 5.69. The zero-order valence-corrected chi connectivity index (χ0v) is 20.7. The standard InChI is InChI=1S/C25H46O3/c1-13-22(8,9)19(26)28-25(20(2,3)4,21(5,6)7)27-18-23(10,11)17-14-15-24(18,12)16-17/h17-18H,13-16H2,1-12H3.